The summed E-state index contributed by atoms with van der Waals surface area (Å²) < 4.78 is 26.5. The summed E-state index contributed by atoms with van der Waals surface area (Å²) in [5, 5.41) is 9.95. The number of rotatable bonds is 4. The molecule has 2 rings (SSSR count). The number of hydrogen-bond acceptors (Lipinski definition) is 2. The lowest BCUT2D eigenvalue weighted by atomic mass is 10.1. The van der Waals surface area contributed by atoms with Crippen LogP contribution in [0.1, 0.15) is 17.2 Å². The summed E-state index contributed by atoms with van der Waals surface area (Å²) in [6, 6.07) is 10.9. The average Bonchev–Trinajstić information content (AvgIpc) is 2.40. The maximum atomic E-state index is 13.5. The van der Waals surface area contributed by atoms with E-state index in [-0.39, 0.29) is 11.3 Å². The third kappa shape index (κ3) is 3.55. The second-order valence-electron chi connectivity index (χ2n) is 4.26. The number of aryl methyl sites for hydroxylation is 1. The lowest BCUT2D eigenvalue weighted by Crippen LogP contribution is -2.04. The van der Waals surface area contributed by atoms with Crippen LogP contribution in [-0.2, 0) is 0 Å². The zero-order valence-corrected chi connectivity index (χ0v) is 11.3. The number of halogens is 2. The monoisotopic (exact) mass is 280 g/mol. The van der Waals surface area contributed by atoms with Crippen LogP contribution in [0.3, 0.4) is 0 Å². The van der Waals surface area contributed by atoms with Gasteiger partial charge < -0.3 is 5.11 Å². The van der Waals surface area contributed by atoms with Gasteiger partial charge in [0.1, 0.15) is 11.6 Å². The van der Waals surface area contributed by atoms with E-state index in [1.807, 2.05) is 31.2 Å². The fraction of sp³-hybridized carbons (Fsp3) is 0.200. The maximum Gasteiger partial charge on any atom is 0.129 e. The first-order valence-corrected chi connectivity index (χ1v) is 6.88. The molecular formula is C15H14F2OS. The van der Waals surface area contributed by atoms with Crippen molar-refractivity contribution in [1.29, 1.82) is 0 Å². The minimum Gasteiger partial charge on any atom is -0.387 e. The number of aliphatic hydroxyl groups is 1. The highest BCUT2D eigenvalue weighted by Crippen LogP contribution is 2.28. The molecular weight excluding hydrogens is 266 g/mol. The summed E-state index contributed by atoms with van der Waals surface area (Å²) in [6.07, 6.45) is -1.03. The van der Waals surface area contributed by atoms with Gasteiger partial charge in [-0.25, -0.2) is 8.78 Å². The molecule has 0 heterocycles. The molecule has 0 amide bonds. The standard InChI is InChI=1S/C15H14F2OS/c1-10-4-2-3-5-15(10)19-9-14(18)12-8-11(16)6-7-13(12)17/h2-8,14,18H,9H2,1H3. The molecule has 0 saturated heterocycles. The second kappa shape index (κ2) is 6.17. The van der Waals surface area contributed by atoms with Crippen LogP contribution in [0.2, 0.25) is 0 Å². The first-order chi connectivity index (χ1) is 9.08. The third-order valence-electron chi connectivity index (χ3n) is 2.81. The number of hydrogen-bond donors (Lipinski definition) is 1. The van der Waals surface area contributed by atoms with Crippen molar-refractivity contribution in [1.82, 2.24) is 0 Å². The highest BCUT2D eigenvalue weighted by atomic mass is 32.2. The van der Waals surface area contributed by atoms with Gasteiger partial charge in [-0.05, 0) is 36.8 Å². The second-order valence-corrected chi connectivity index (χ2v) is 5.32. The van der Waals surface area contributed by atoms with Crippen LogP contribution in [-0.4, -0.2) is 10.9 Å². The normalized spacial score (nSPS) is 12.4. The summed E-state index contributed by atoms with van der Waals surface area (Å²) >= 11 is 1.43. The Morgan fingerprint density at radius 2 is 1.89 bits per heavy atom. The average molecular weight is 280 g/mol. The first kappa shape index (κ1) is 14.0. The Balaban J connectivity index is 2.07. The molecule has 4 heteroatoms. The molecule has 0 fully saturated rings. The number of aliphatic hydroxyl groups excluding tert-OH is 1. The molecule has 0 aliphatic rings. The van der Waals surface area contributed by atoms with Gasteiger partial charge in [0.15, 0.2) is 0 Å². The SMILES string of the molecule is Cc1ccccc1SCC(O)c1cc(F)ccc1F. The molecule has 1 N–H and O–H groups in total. The van der Waals surface area contributed by atoms with Crippen LogP contribution in [0.4, 0.5) is 8.78 Å². The van der Waals surface area contributed by atoms with Crippen molar-refractivity contribution in [3.8, 4) is 0 Å². The van der Waals surface area contributed by atoms with E-state index in [1.165, 1.54) is 11.8 Å². The van der Waals surface area contributed by atoms with E-state index < -0.39 is 17.7 Å². The molecule has 0 bridgehead atoms. The Labute approximate surface area is 115 Å². The van der Waals surface area contributed by atoms with E-state index in [9.17, 15) is 13.9 Å². The minimum atomic E-state index is -1.03. The zero-order valence-electron chi connectivity index (χ0n) is 10.4. The van der Waals surface area contributed by atoms with Crippen LogP contribution in [0.15, 0.2) is 47.4 Å². The van der Waals surface area contributed by atoms with Crippen LogP contribution in [0.25, 0.3) is 0 Å². The van der Waals surface area contributed by atoms with Gasteiger partial charge in [0.05, 0.1) is 6.10 Å². The summed E-state index contributed by atoms with van der Waals surface area (Å²) in [6.45, 7) is 1.97. The van der Waals surface area contributed by atoms with Gasteiger partial charge in [0, 0.05) is 16.2 Å². The molecule has 0 saturated carbocycles. The van der Waals surface area contributed by atoms with Crippen molar-refractivity contribution in [3.05, 3.63) is 65.2 Å². The predicted molar refractivity (Wildman–Crippen MR) is 73.2 cm³/mol. The summed E-state index contributed by atoms with van der Waals surface area (Å²) in [5.41, 5.74) is 1.10. The smallest absolute Gasteiger partial charge is 0.129 e. The molecule has 2 aromatic rings. The van der Waals surface area contributed by atoms with E-state index in [2.05, 4.69) is 0 Å². The van der Waals surface area contributed by atoms with E-state index >= 15 is 0 Å². The molecule has 1 nitrogen and oxygen atoms in total. The van der Waals surface area contributed by atoms with E-state index in [0.717, 1.165) is 28.7 Å². The highest BCUT2D eigenvalue weighted by molar-refractivity contribution is 7.99. The summed E-state index contributed by atoms with van der Waals surface area (Å²) in [7, 11) is 0. The van der Waals surface area contributed by atoms with E-state index in [4.69, 9.17) is 0 Å². The molecule has 19 heavy (non-hydrogen) atoms. The van der Waals surface area contributed by atoms with Crippen molar-refractivity contribution in [2.45, 2.75) is 17.9 Å². The van der Waals surface area contributed by atoms with Crippen molar-refractivity contribution < 1.29 is 13.9 Å². The topological polar surface area (TPSA) is 20.2 Å². The Morgan fingerprint density at radius 1 is 1.16 bits per heavy atom. The lowest BCUT2D eigenvalue weighted by Gasteiger charge is -2.12. The van der Waals surface area contributed by atoms with E-state index in [1.54, 1.807) is 0 Å². The van der Waals surface area contributed by atoms with Gasteiger partial charge in [-0.15, -0.1) is 11.8 Å². The molecule has 0 radical (unpaired) electrons. The molecule has 0 aromatic heterocycles. The van der Waals surface area contributed by atoms with Crippen molar-refractivity contribution >= 4 is 11.8 Å². The Bertz CT molecular complexity index is 572. The quantitative estimate of drug-likeness (QED) is 0.851. The van der Waals surface area contributed by atoms with Gasteiger partial charge >= 0.3 is 0 Å². The number of thioether (sulfide) groups is 1. The molecule has 0 aliphatic heterocycles. The summed E-state index contributed by atoms with van der Waals surface area (Å²) in [4.78, 5) is 1.03. The Kier molecular flexibility index (Phi) is 4.56. The Morgan fingerprint density at radius 3 is 2.63 bits per heavy atom. The van der Waals surface area contributed by atoms with Crippen molar-refractivity contribution in [2.24, 2.45) is 0 Å². The fourth-order valence-electron chi connectivity index (χ4n) is 1.75. The first-order valence-electron chi connectivity index (χ1n) is 5.89. The third-order valence-corrected chi connectivity index (χ3v) is 4.06. The molecule has 2 aromatic carbocycles. The Hall–Kier alpha value is -1.39. The molecule has 1 atom stereocenters. The minimum absolute atomic E-state index is 0.00100. The maximum absolute atomic E-state index is 13.5. The highest BCUT2D eigenvalue weighted by Gasteiger charge is 2.14. The van der Waals surface area contributed by atoms with Crippen LogP contribution in [0, 0.1) is 18.6 Å². The van der Waals surface area contributed by atoms with Crippen LogP contribution >= 0.6 is 11.8 Å². The van der Waals surface area contributed by atoms with Crippen LogP contribution in [0.5, 0.6) is 0 Å². The lowest BCUT2D eigenvalue weighted by molar-refractivity contribution is 0.198. The number of benzene rings is 2. The van der Waals surface area contributed by atoms with Crippen LogP contribution < -0.4 is 0 Å². The molecule has 0 aliphatic carbocycles. The largest absolute Gasteiger partial charge is 0.387 e. The van der Waals surface area contributed by atoms with Crippen molar-refractivity contribution in [3.63, 3.8) is 0 Å². The molecule has 0 spiro atoms. The van der Waals surface area contributed by atoms with Crippen molar-refractivity contribution in [2.75, 3.05) is 5.75 Å². The van der Waals surface area contributed by atoms with Gasteiger partial charge in [-0.3, -0.25) is 0 Å². The van der Waals surface area contributed by atoms with Gasteiger partial charge in [0.2, 0.25) is 0 Å². The van der Waals surface area contributed by atoms with Gasteiger partial charge in [-0.2, -0.15) is 0 Å². The fourth-order valence-corrected chi connectivity index (χ4v) is 2.73. The zero-order chi connectivity index (χ0) is 13.8. The van der Waals surface area contributed by atoms with Gasteiger partial charge in [-0.1, -0.05) is 18.2 Å². The molecule has 100 valence electrons. The predicted octanol–water partition coefficient (Wildman–Crippen LogP) is 4.10. The summed E-state index contributed by atoms with van der Waals surface area (Å²) in [5.74, 6) is -0.846. The molecule has 1 unspecified atom stereocenters. The van der Waals surface area contributed by atoms with Gasteiger partial charge in [0.25, 0.3) is 0 Å². The van der Waals surface area contributed by atoms with E-state index in [0.29, 0.717) is 0 Å².